The van der Waals surface area contributed by atoms with Crippen molar-refractivity contribution in [3.05, 3.63) is 20.8 Å². The molecule has 1 aromatic heterocycles. The Labute approximate surface area is 144 Å². The minimum atomic E-state index is 0.0247. The van der Waals surface area contributed by atoms with Gasteiger partial charge in [0.15, 0.2) is 5.96 Å². The lowest BCUT2D eigenvalue weighted by Gasteiger charge is -2.27. The maximum absolute atomic E-state index is 9.28. The van der Waals surface area contributed by atoms with Crippen LogP contribution < -0.4 is 10.6 Å². The number of thiophene rings is 1. The Kier molecular flexibility index (Phi) is 7.14. The number of halogens is 1. The molecule has 2 rings (SSSR count). The Morgan fingerprint density at radius 2 is 2.36 bits per heavy atom. The number of ether oxygens (including phenoxy) is 1. The molecule has 0 bridgehead atoms. The quantitative estimate of drug-likeness (QED) is 0.494. The van der Waals surface area contributed by atoms with E-state index in [2.05, 4.69) is 44.5 Å². The Hall–Kier alpha value is -0.630. The highest BCUT2D eigenvalue weighted by molar-refractivity contribution is 9.11. The summed E-state index contributed by atoms with van der Waals surface area (Å²) in [5, 5.41) is 16.0. The van der Waals surface area contributed by atoms with Crippen LogP contribution in [0.25, 0.3) is 0 Å². The summed E-state index contributed by atoms with van der Waals surface area (Å²) in [6, 6.07) is 4.13. The first-order valence-corrected chi connectivity index (χ1v) is 9.23. The van der Waals surface area contributed by atoms with Gasteiger partial charge in [-0.15, -0.1) is 11.3 Å². The van der Waals surface area contributed by atoms with Crippen molar-refractivity contribution >= 4 is 33.2 Å². The average Bonchev–Trinajstić information content (AvgIpc) is 3.12. The number of rotatable bonds is 7. The van der Waals surface area contributed by atoms with Gasteiger partial charge in [-0.3, -0.25) is 0 Å². The van der Waals surface area contributed by atoms with Crippen LogP contribution in [0.3, 0.4) is 0 Å². The van der Waals surface area contributed by atoms with Gasteiger partial charge >= 0.3 is 0 Å². The van der Waals surface area contributed by atoms with E-state index >= 15 is 0 Å². The van der Waals surface area contributed by atoms with Crippen molar-refractivity contribution in [3.63, 3.8) is 0 Å². The minimum Gasteiger partial charge on any atom is -0.396 e. The van der Waals surface area contributed by atoms with Crippen molar-refractivity contribution < 1.29 is 9.84 Å². The van der Waals surface area contributed by atoms with E-state index < -0.39 is 0 Å². The highest BCUT2D eigenvalue weighted by Crippen LogP contribution is 2.31. The van der Waals surface area contributed by atoms with Gasteiger partial charge in [-0.1, -0.05) is 0 Å². The number of aliphatic imine (C=N–C) groups is 1. The summed E-state index contributed by atoms with van der Waals surface area (Å²) in [5.74, 6) is 0.816. The summed E-state index contributed by atoms with van der Waals surface area (Å²) in [6.45, 7) is 5.99. The van der Waals surface area contributed by atoms with Gasteiger partial charge in [0.25, 0.3) is 0 Å². The SMILES string of the molecule is CCNC(=NCc1ccc(Br)s1)NCC1(CCO)CCOC1. The zero-order valence-corrected chi connectivity index (χ0v) is 15.3. The Morgan fingerprint density at radius 1 is 1.50 bits per heavy atom. The highest BCUT2D eigenvalue weighted by atomic mass is 79.9. The van der Waals surface area contributed by atoms with E-state index in [1.165, 1.54) is 4.88 Å². The second-order valence-electron chi connectivity index (χ2n) is 5.53. The molecule has 2 heterocycles. The molecule has 0 saturated carbocycles. The fourth-order valence-electron chi connectivity index (χ4n) is 2.52. The van der Waals surface area contributed by atoms with Crippen LogP contribution in [0.1, 0.15) is 24.6 Å². The molecule has 0 amide bonds. The van der Waals surface area contributed by atoms with Crippen molar-refractivity contribution in [2.45, 2.75) is 26.3 Å². The first-order chi connectivity index (χ1) is 10.7. The van der Waals surface area contributed by atoms with Crippen LogP contribution in [-0.2, 0) is 11.3 Å². The molecule has 3 N–H and O–H groups in total. The second kappa shape index (κ2) is 8.86. The van der Waals surface area contributed by atoms with Crippen molar-refractivity contribution in [1.29, 1.82) is 0 Å². The van der Waals surface area contributed by atoms with Gasteiger partial charge in [0.05, 0.1) is 16.9 Å². The zero-order valence-electron chi connectivity index (χ0n) is 12.9. The van der Waals surface area contributed by atoms with E-state index in [0.29, 0.717) is 13.2 Å². The molecule has 7 heteroatoms. The van der Waals surface area contributed by atoms with Crippen LogP contribution in [0, 0.1) is 5.41 Å². The van der Waals surface area contributed by atoms with Gasteiger partial charge in [-0.05, 0) is 47.8 Å². The third-order valence-corrected chi connectivity index (χ3v) is 5.43. The molecule has 1 aromatic rings. The van der Waals surface area contributed by atoms with Gasteiger partial charge in [-0.2, -0.15) is 0 Å². The van der Waals surface area contributed by atoms with Crippen LogP contribution in [0.5, 0.6) is 0 Å². The number of hydrogen-bond donors (Lipinski definition) is 3. The van der Waals surface area contributed by atoms with Crippen molar-refractivity contribution in [1.82, 2.24) is 10.6 Å². The van der Waals surface area contributed by atoms with Gasteiger partial charge in [0.2, 0.25) is 0 Å². The number of hydrogen-bond acceptors (Lipinski definition) is 4. The molecule has 1 fully saturated rings. The molecule has 1 unspecified atom stereocenters. The summed E-state index contributed by atoms with van der Waals surface area (Å²) in [7, 11) is 0. The van der Waals surface area contributed by atoms with Crippen molar-refractivity contribution in [2.75, 3.05) is 32.9 Å². The van der Waals surface area contributed by atoms with Crippen LogP contribution in [-0.4, -0.2) is 44.0 Å². The molecule has 1 aliphatic heterocycles. The first-order valence-electron chi connectivity index (χ1n) is 7.62. The van der Waals surface area contributed by atoms with Crippen molar-refractivity contribution in [3.8, 4) is 0 Å². The smallest absolute Gasteiger partial charge is 0.191 e. The molecule has 5 nitrogen and oxygen atoms in total. The summed E-state index contributed by atoms with van der Waals surface area (Å²) < 4.78 is 6.65. The molecule has 1 atom stereocenters. The monoisotopic (exact) mass is 389 g/mol. The van der Waals surface area contributed by atoms with E-state index in [-0.39, 0.29) is 12.0 Å². The number of aliphatic hydroxyl groups excluding tert-OH is 1. The standard InChI is InChI=1S/C15H24BrN3O2S/c1-2-17-14(18-9-12-3-4-13(16)22-12)19-10-15(5-7-20)6-8-21-11-15/h3-4,20H,2,5-11H2,1H3,(H2,17,18,19). The zero-order chi connectivity index (χ0) is 15.8. The third kappa shape index (κ3) is 5.22. The Balaban J connectivity index is 1.92. The average molecular weight is 390 g/mol. The molecule has 1 aliphatic rings. The summed E-state index contributed by atoms with van der Waals surface area (Å²) in [6.07, 6.45) is 1.75. The minimum absolute atomic E-state index is 0.0247. The maximum Gasteiger partial charge on any atom is 0.191 e. The molecule has 0 aliphatic carbocycles. The highest BCUT2D eigenvalue weighted by Gasteiger charge is 2.34. The molecular formula is C15H24BrN3O2S. The molecule has 22 heavy (non-hydrogen) atoms. The lowest BCUT2D eigenvalue weighted by molar-refractivity contribution is 0.127. The Bertz CT molecular complexity index is 487. The summed E-state index contributed by atoms with van der Waals surface area (Å²) >= 11 is 5.17. The molecule has 0 radical (unpaired) electrons. The van der Waals surface area contributed by atoms with E-state index in [4.69, 9.17) is 4.74 Å². The fourth-order valence-corrected chi connectivity index (χ4v) is 3.93. The van der Waals surface area contributed by atoms with Crippen LogP contribution in [0.4, 0.5) is 0 Å². The Morgan fingerprint density at radius 3 is 2.95 bits per heavy atom. The number of nitrogens with one attached hydrogen (secondary N) is 2. The van der Waals surface area contributed by atoms with E-state index in [0.717, 1.165) is 42.3 Å². The largest absolute Gasteiger partial charge is 0.396 e. The van der Waals surface area contributed by atoms with E-state index in [9.17, 15) is 5.11 Å². The molecule has 1 saturated heterocycles. The lowest BCUT2D eigenvalue weighted by atomic mass is 9.84. The summed E-state index contributed by atoms with van der Waals surface area (Å²) in [4.78, 5) is 5.85. The lowest BCUT2D eigenvalue weighted by Crippen LogP contribution is -2.44. The number of guanidine groups is 1. The van der Waals surface area contributed by atoms with E-state index in [1.54, 1.807) is 11.3 Å². The molecule has 0 spiro atoms. The number of nitrogens with zero attached hydrogens (tertiary/aromatic N) is 1. The van der Waals surface area contributed by atoms with Crippen molar-refractivity contribution in [2.24, 2.45) is 10.4 Å². The second-order valence-corrected chi connectivity index (χ2v) is 8.08. The van der Waals surface area contributed by atoms with Gasteiger partial charge in [-0.25, -0.2) is 4.99 Å². The summed E-state index contributed by atoms with van der Waals surface area (Å²) in [5.41, 5.74) is 0.0247. The number of aliphatic hydroxyl groups is 1. The third-order valence-electron chi connectivity index (χ3n) is 3.82. The van der Waals surface area contributed by atoms with Gasteiger partial charge in [0.1, 0.15) is 0 Å². The van der Waals surface area contributed by atoms with Gasteiger partial charge < -0.3 is 20.5 Å². The van der Waals surface area contributed by atoms with Gasteiger partial charge in [0, 0.05) is 36.6 Å². The molecule has 0 aromatic carbocycles. The predicted octanol–water partition coefficient (Wildman–Crippen LogP) is 2.35. The normalized spacial score (nSPS) is 22.0. The first kappa shape index (κ1) is 17.7. The van der Waals surface area contributed by atoms with Crippen LogP contribution >= 0.6 is 27.3 Å². The predicted molar refractivity (Wildman–Crippen MR) is 94.4 cm³/mol. The maximum atomic E-state index is 9.28. The van der Waals surface area contributed by atoms with E-state index in [1.807, 2.05) is 6.07 Å². The topological polar surface area (TPSA) is 65.9 Å². The molecular weight excluding hydrogens is 366 g/mol. The van der Waals surface area contributed by atoms with Crippen LogP contribution in [0.2, 0.25) is 0 Å². The molecule has 124 valence electrons. The fraction of sp³-hybridized carbons (Fsp3) is 0.667. The van der Waals surface area contributed by atoms with Crippen LogP contribution in [0.15, 0.2) is 20.9 Å².